The Morgan fingerprint density at radius 3 is 2.44 bits per heavy atom. The number of aromatic nitrogens is 3. The second-order valence-electron chi connectivity index (χ2n) is 7.19. The van der Waals surface area contributed by atoms with Crippen LogP contribution in [0.2, 0.25) is 0 Å². The zero-order valence-electron chi connectivity index (χ0n) is 15.9. The van der Waals surface area contributed by atoms with Crippen molar-refractivity contribution in [2.45, 2.75) is 40.0 Å². The molecule has 0 fully saturated rings. The molecule has 0 aliphatic heterocycles. The molecule has 1 atom stereocenters. The number of carbonyl (C=O) groups excluding carboxylic acids is 1. The summed E-state index contributed by atoms with van der Waals surface area (Å²) in [5.41, 5.74) is 0.205. The molecular weight excluding hydrogens is 351 g/mol. The normalized spacial score (nSPS) is 12.4. The molecule has 2 aromatic rings. The van der Waals surface area contributed by atoms with Crippen LogP contribution in [0.25, 0.3) is 5.69 Å². The number of amides is 1. The average molecular weight is 376 g/mol. The van der Waals surface area contributed by atoms with E-state index in [1.807, 2.05) is 27.7 Å². The van der Waals surface area contributed by atoms with Crippen molar-refractivity contribution in [3.8, 4) is 5.69 Å². The fourth-order valence-electron chi connectivity index (χ4n) is 2.73. The third-order valence-electron chi connectivity index (χ3n) is 4.05. The third kappa shape index (κ3) is 5.12. The lowest BCUT2D eigenvalue weighted by atomic mass is 9.97. The zero-order chi connectivity index (χ0) is 20.1. The second-order valence-corrected chi connectivity index (χ2v) is 7.19. The number of benzene rings is 1. The van der Waals surface area contributed by atoms with E-state index in [-0.39, 0.29) is 29.9 Å². The number of nitrogens with zero attached hydrogens (tertiary/aromatic N) is 3. The summed E-state index contributed by atoms with van der Waals surface area (Å²) >= 11 is 0. The summed E-state index contributed by atoms with van der Waals surface area (Å²) < 4.78 is 15.5. The first-order valence-corrected chi connectivity index (χ1v) is 8.93. The van der Waals surface area contributed by atoms with Crippen molar-refractivity contribution in [3.63, 3.8) is 0 Å². The van der Waals surface area contributed by atoms with Crippen molar-refractivity contribution >= 4 is 11.9 Å². The molecule has 8 heteroatoms. The maximum atomic E-state index is 14.1. The van der Waals surface area contributed by atoms with E-state index >= 15 is 0 Å². The van der Waals surface area contributed by atoms with Gasteiger partial charge in [0.05, 0.1) is 5.92 Å². The molecule has 1 aromatic carbocycles. The third-order valence-corrected chi connectivity index (χ3v) is 4.05. The molecule has 0 saturated heterocycles. The molecule has 1 heterocycles. The van der Waals surface area contributed by atoms with Crippen LogP contribution in [0.4, 0.5) is 4.39 Å². The van der Waals surface area contributed by atoms with Crippen LogP contribution < -0.4 is 5.32 Å². The molecule has 0 spiro atoms. The van der Waals surface area contributed by atoms with Crippen LogP contribution in [0.3, 0.4) is 0 Å². The van der Waals surface area contributed by atoms with Crippen molar-refractivity contribution in [3.05, 3.63) is 41.7 Å². The fourth-order valence-corrected chi connectivity index (χ4v) is 2.73. The van der Waals surface area contributed by atoms with Gasteiger partial charge in [0.2, 0.25) is 5.82 Å². The number of hydrogen-bond acceptors (Lipinski definition) is 4. The average Bonchev–Trinajstić information content (AvgIpc) is 3.03. The van der Waals surface area contributed by atoms with Gasteiger partial charge in [-0.2, -0.15) is 0 Å². The highest BCUT2D eigenvalue weighted by atomic mass is 19.1. The summed E-state index contributed by atoms with van der Waals surface area (Å²) in [6.45, 7) is 7.56. The molecule has 1 amide bonds. The van der Waals surface area contributed by atoms with E-state index in [4.69, 9.17) is 0 Å². The smallest absolute Gasteiger partial charge is 0.308 e. The lowest BCUT2D eigenvalue weighted by molar-refractivity contribution is -0.142. The number of hydrogen-bond donors (Lipinski definition) is 2. The number of nitrogens with one attached hydrogen (secondary N) is 1. The summed E-state index contributed by atoms with van der Waals surface area (Å²) in [6.07, 6.45) is 0.448. The Morgan fingerprint density at radius 1 is 1.22 bits per heavy atom. The Labute approximate surface area is 157 Å². The monoisotopic (exact) mass is 376 g/mol. The minimum absolute atomic E-state index is 0.0163. The first-order chi connectivity index (χ1) is 12.7. The molecule has 7 nitrogen and oxygen atoms in total. The molecule has 1 unspecified atom stereocenters. The maximum Gasteiger partial charge on any atom is 0.308 e. The van der Waals surface area contributed by atoms with Crippen molar-refractivity contribution in [1.29, 1.82) is 0 Å². The first-order valence-electron chi connectivity index (χ1n) is 8.93. The lowest BCUT2D eigenvalue weighted by Gasteiger charge is -2.14. The van der Waals surface area contributed by atoms with Gasteiger partial charge in [0.1, 0.15) is 17.3 Å². The minimum Gasteiger partial charge on any atom is -0.481 e. The lowest BCUT2D eigenvalue weighted by Crippen LogP contribution is -2.34. The van der Waals surface area contributed by atoms with E-state index in [9.17, 15) is 19.1 Å². The Morgan fingerprint density at radius 2 is 1.89 bits per heavy atom. The zero-order valence-corrected chi connectivity index (χ0v) is 15.9. The van der Waals surface area contributed by atoms with E-state index < -0.39 is 23.6 Å². The van der Waals surface area contributed by atoms with Crippen molar-refractivity contribution in [2.24, 2.45) is 11.8 Å². The number of para-hydroxylation sites is 1. The molecule has 2 N–H and O–H groups in total. The molecule has 0 aliphatic carbocycles. The highest BCUT2D eigenvalue weighted by Gasteiger charge is 2.24. The maximum absolute atomic E-state index is 14.1. The van der Waals surface area contributed by atoms with Gasteiger partial charge >= 0.3 is 5.97 Å². The van der Waals surface area contributed by atoms with E-state index in [0.29, 0.717) is 12.2 Å². The molecule has 146 valence electrons. The van der Waals surface area contributed by atoms with Gasteiger partial charge in [0.15, 0.2) is 0 Å². The number of aliphatic carboxylic acids is 1. The molecular formula is C19H25FN4O3. The first kappa shape index (κ1) is 20.5. The Balaban J connectivity index is 2.23. The summed E-state index contributed by atoms with van der Waals surface area (Å²) in [7, 11) is 0. The minimum atomic E-state index is -0.961. The fraction of sp³-hybridized carbons (Fsp3) is 0.474. The Kier molecular flexibility index (Phi) is 6.65. The van der Waals surface area contributed by atoms with E-state index in [1.54, 1.807) is 18.2 Å². The molecule has 1 aromatic heterocycles. The topological polar surface area (TPSA) is 97.1 Å². The quantitative estimate of drug-likeness (QED) is 0.738. The number of carboxylic acid groups (broad SMARTS) is 1. The predicted molar refractivity (Wildman–Crippen MR) is 98.3 cm³/mol. The number of carboxylic acids is 1. The molecule has 0 bridgehead atoms. The second kappa shape index (κ2) is 8.75. The number of halogens is 1. The number of carbonyl (C=O) groups is 2. The molecule has 0 aliphatic rings. The van der Waals surface area contributed by atoms with Crippen molar-refractivity contribution in [1.82, 2.24) is 20.1 Å². The van der Waals surface area contributed by atoms with Gasteiger partial charge in [-0.15, -0.1) is 5.10 Å². The van der Waals surface area contributed by atoms with Gasteiger partial charge in [-0.3, -0.25) is 9.59 Å². The molecule has 27 heavy (non-hydrogen) atoms. The number of rotatable bonds is 8. The van der Waals surface area contributed by atoms with Crippen LogP contribution in [0.1, 0.15) is 56.5 Å². The van der Waals surface area contributed by atoms with Gasteiger partial charge < -0.3 is 10.4 Å². The molecule has 0 radical (unpaired) electrons. The molecule has 2 rings (SSSR count). The summed E-state index contributed by atoms with van der Waals surface area (Å²) in [4.78, 5) is 28.0. The van der Waals surface area contributed by atoms with Crippen LogP contribution in [0, 0.1) is 17.7 Å². The summed E-state index contributed by atoms with van der Waals surface area (Å²) in [5, 5.41) is 16.0. The standard InChI is InChI=1S/C19H25FN4O3/c1-11(2)9-13(19(26)27)10-21-18(25)16-22-17(12(3)4)24(23-16)15-8-6-5-7-14(15)20/h5-8,11-13H,9-10H2,1-4H3,(H,21,25)(H,26,27). The van der Waals surface area contributed by atoms with Gasteiger partial charge in [0, 0.05) is 12.5 Å². The van der Waals surface area contributed by atoms with Gasteiger partial charge in [-0.05, 0) is 24.5 Å². The van der Waals surface area contributed by atoms with Crippen molar-refractivity contribution < 1.29 is 19.1 Å². The summed E-state index contributed by atoms with van der Waals surface area (Å²) in [6, 6.07) is 6.11. The van der Waals surface area contributed by atoms with Gasteiger partial charge in [-0.25, -0.2) is 14.1 Å². The summed E-state index contributed by atoms with van der Waals surface area (Å²) in [5.74, 6) is -2.27. The predicted octanol–water partition coefficient (Wildman–Crippen LogP) is 3.01. The Bertz CT molecular complexity index is 817. The van der Waals surface area contributed by atoms with Gasteiger partial charge in [-0.1, -0.05) is 39.8 Å². The van der Waals surface area contributed by atoms with Gasteiger partial charge in [0.25, 0.3) is 5.91 Å². The van der Waals surface area contributed by atoms with Crippen LogP contribution in [-0.4, -0.2) is 38.3 Å². The highest BCUT2D eigenvalue weighted by molar-refractivity contribution is 5.90. The van der Waals surface area contributed by atoms with Crippen LogP contribution in [0.15, 0.2) is 24.3 Å². The van der Waals surface area contributed by atoms with Crippen LogP contribution >= 0.6 is 0 Å². The van der Waals surface area contributed by atoms with E-state index in [0.717, 1.165) is 0 Å². The Hall–Kier alpha value is -2.77. The van der Waals surface area contributed by atoms with E-state index in [1.165, 1.54) is 10.7 Å². The van der Waals surface area contributed by atoms with Crippen LogP contribution in [-0.2, 0) is 4.79 Å². The van der Waals surface area contributed by atoms with Crippen LogP contribution in [0.5, 0.6) is 0 Å². The highest BCUT2D eigenvalue weighted by Crippen LogP contribution is 2.19. The SMILES string of the molecule is CC(C)CC(CNC(=O)c1nc(C(C)C)n(-c2ccccc2F)n1)C(=O)O. The van der Waals surface area contributed by atoms with E-state index in [2.05, 4.69) is 15.4 Å². The van der Waals surface area contributed by atoms with Crippen molar-refractivity contribution in [2.75, 3.05) is 6.54 Å². The molecule has 0 saturated carbocycles. The largest absolute Gasteiger partial charge is 0.481 e.